The number of rotatable bonds is 8. The van der Waals surface area contributed by atoms with Crippen LogP contribution in [0.5, 0.6) is 5.75 Å². The van der Waals surface area contributed by atoms with E-state index < -0.39 is 6.10 Å². The molecule has 3 aromatic carbocycles. The van der Waals surface area contributed by atoms with Crippen LogP contribution in [-0.2, 0) is 13.2 Å². The number of aliphatic hydroxyl groups is 1. The first-order chi connectivity index (χ1) is 12.7. The molecule has 2 N–H and O–H groups in total. The average molecular weight is 351 g/mol. The Hall–Kier alpha value is -2.69. The number of aliphatic hydroxyl groups excluding tert-OH is 1. The molecular formula is C22H22FNO2. The van der Waals surface area contributed by atoms with E-state index in [2.05, 4.69) is 5.32 Å². The second-order valence-corrected chi connectivity index (χ2v) is 6.08. The minimum Gasteiger partial charge on any atom is -0.489 e. The van der Waals surface area contributed by atoms with Gasteiger partial charge >= 0.3 is 0 Å². The lowest BCUT2D eigenvalue weighted by Crippen LogP contribution is -2.21. The summed E-state index contributed by atoms with van der Waals surface area (Å²) in [4.78, 5) is 0. The van der Waals surface area contributed by atoms with Crippen molar-refractivity contribution in [3.05, 3.63) is 101 Å². The topological polar surface area (TPSA) is 41.5 Å². The van der Waals surface area contributed by atoms with Gasteiger partial charge in [-0.3, -0.25) is 0 Å². The molecule has 1 unspecified atom stereocenters. The Bertz CT molecular complexity index is 806. The van der Waals surface area contributed by atoms with Gasteiger partial charge in [-0.15, -0.1) is 0 Å². The molecule has 0 saturated heterocycles. The number of halogens is 1. The molecule has 0 bridgehead atoms. The van der Waals surface area contributed by atoms with E-state index in [-0.39, 0.29) is 5.82 Å². The maximum atomic E-state index is 13.0. The van der Waals surface area contributed by atoms with Gasteiger partial charge in [0.05, 0.1) is 6.10 Å². The van der Waals surface area contributed by atoms with Crippen LogP contribution in [0, 0.1) is 5.82 Å². The van der Waals surface area contributed by atoms with Crippen LogP contribution < -0.4 is 10.1 Å². The van der Waals surface area contributed by atoms with Crippen LogP contribution in [-0.4, -0.2) is 11.7 Å². The molecule has 0 spiro atoms. The van der Waals surface area contributed by atoms with Crippen molar-refractivity contribution < 1.29 is 14.2 Å². The average Bonchev–Trinajstić information content (AvgIpc) is 2.69. The fourth-order valence-electron chi connectivity index (χ4n) is 2.67. The molecule has 0 aliphatic rings. The summed E-state index contributed by atoms with van der Waals surface area (Å²) < 4.78 is 18.9. The molecule has 0 aliphatic carbocycles. The van der Waals surface area contributed by atoms with Crippen molar-refractivity contribution in [2.24, 2.45) is 0 Å². The molecule has 3 rings (SSSR count). The normalized spacial score (nSPS) is 11.9. The molecule has 0 amide bonds. The summed E-state index contributed by atoms with van der Waals surface area (Å²) in [6.07, 6.45) is -0.552. The predicted octanol–water partition coefficient (Wildman–Crippen LogP) is 4.23. The van der Waals surface area contributed by atoms with Crippen molar-refractivity contribution in [2.45, 2.75) is 19.3 Å². The Morgan fingerprint density at radius 3 is 2.35 bits per heavy atom. The van der Waals surface area contributed by atoms with Crippen LogP contribution in [0.4, 0.5) is 4.39 Å². The third-order valence-corrected chi connectivity index (χ3v) is 4.12. The second-order valence-electron chi connectivity index (χ2n) is 6.08. The third-order valence-electron chi connectivity index (χ3n) is 4.12. The van der Waals surface area contributed by atoms with Gasteiger partial charge in [0.15, 0.2) is 0 Å². The predicted molar refractivity (Wildman–Crippen MR) is 100 cm³/mol. The highest BCUT2D eigenvalue weighted by Gasteiger charge is 2.08. The molecule has 4 heteroatoms. The quantitative estimate of drug-likeness (QED) is 0.638. The summed E-state index contributed by atoms with van der Waals surface area (Å²) in [5.74, 6) is 0.522. The molecule has 0 saturated carbocycles. The van der Waals surface area contributed by atoms with Crippen molar-refractivity contribution >= 4 is 0 Å². The minimum absolute atomic E-state index is 0.254. The van der Waals surface area contributed by atoms with E-state index in [4.69, 9.17) is 4.74 Å². The molecule has 0 fully saturated rings. The molecular weight excluding hydrogens is 329 g/mol. The van der Waals surface area contributed by atoms with Crippen molar-refractivity contribution in [2.75, 3.05) is 6.54 Å². The van der Waals surface area contributed by atoms with Crippen molar-refractivity contribution in [1.29, 1.82) is 0 Å². The van der Waals surface area contributed by atoms with Crippen molar-refractivity contribution in [3.63, 3.8) is 0 Å². The summed E-state index contributed by atoms with van der Waals surface area (Å²) >= 11 is 0. The summed E-state index contributed by atoms with van der Waals surface area (Å²) in [6, 6.07) is 23.6. The van der Waals surface area contributed by atoms with Gasteiger partial charge in [-0.05, 0) is 29.3 Å². The van der Waals surface area contributed by atoms with Gasteiger partial charge in [0, 0.05) is 18.7 Å². The van der Waals surface area contributed by atoms with Crippen LogP contribution in [0.3, 0.4) is 0 Å². The summed E-state index contributed by atoms with van der Waals surface area (Å²) in [7, 11) is 0. The van der Waals surface area contributed by atoms with Crippen molar-refractivity contribution in [1.82, 2.24) is 5.32 Å². The van der Waals surface area contributed by atoms with E-state index in [1.807, 2.05) is 54.6 Å². The Labute approximate surface area is 153 Å². The Kier molecular flexibility index (Phi) is 6.36. The summed E-state index contributed by atoms with van der Waals surface area (Å²) in [6.45, 7) is 1.42. The fraction of sp³-hybridized carbons (Fsp3) is 0.182. The van der Waals surface area contributed by atoms with E-state index in [0.29, 0.717) is 19.7 Å². The zero-order chi connectivity index (χ0) is 18.2. The number of benzene rings is 3. The molecule has 0 aliphatic heterocycles. The largest absolute Gasteiger partial charge is 0.489 e. The standard InChI is InChI=1S/C22H22FNO2/c23-20-12-10-17(11-13-20)16-26-22-9-5-4-8-19(22)14-24-15-21(25)18-6-2-1-3-7-18/h1-13,21,24-25H,14-16H2. The lowest BCUT2D eigenvalue weighted by Gasteiger charge is -2.15. The monoisotopic (exact) mass is 351 g/mol. The molecule has 0 radical (unpaired) electrons. The first-order valence-corrected chi connectivity index (χ1v) is 8.61. The van der Waals surface area contributed by atoms with Gasteiger partial charge in [-0.25, -0.2) is 4.39 Å². The van der Waals surface area contributed by atoms with E-state index in [1.165, 1.54) is 12.1 Å². The smallest absolute Gasteiger partial charge is 0.124 e. The first-order valence-electron chi connectivity index (χ1n) is 8.61. The number of hydrogen-bond acceptors (Lipinski definition) is 3. The fourth-order valence-corrected chi connectivity index (χ4v) is 2.67. The zero-order valence-electron chi connectivity index (χ0n) is 14.4. The van der Waals surface area contributed by atoms with Crippen LogP contribution in [0.1, 0.15) is 22.8 Å². The number of nitrogens with one attached hydrogen (secondary N) is 1. The SMILES string of the molecule is OC(CNCc1ccccc1OCc1ccc(F)cc1)c1ccccc1. The van der Waals surface area contributed by atoms with Gasteiger partial charge in [0.2, 0.25) is 0 Å². The van der Waals surface area contributed by atoms with Crippen LogP contribution in [0.15, 0.2) is 78.9 Å². The molecule has 3 aromatic rings. The Balaban J connectivity index is 1.54. The highest BCUT2D eigenvalue weighted by molar-refractivity contribution is 5.33. The molecule has 0 heterocycles. The number of hydrogen-bond donors (Lipinski definition) is 2. The van der Waals surface area contributed by atoms with Gasteiger partial charge in [-0.1, -0.05) is 60.7 Å². The second kappa shape index (κ2) is 9.13. The van der Waals surface area contributed by atoms with Crippen LogP contribution in [0.2, 0.25) is 0 Å². The molecule has 134 valence electrons. The van der Waals surface area contributed by atoms with E-state index >= 15 is 0 Å². The van der Waals surface area contributed by atoms with E-state index in [0.717, 1.165) is 22.4 Å². The molecule has 0 aromatic heterocycles. The Morgan fingerprint density at radius 1 is 0.885 bits per heavy atom. The maximum absolute atomic E-state index is 13.0. The van der Waals surface area contributed by atoms with E-state index in [1.54, 1.807) is 12.1 Å². The lowest BCUT2D eigenvalue weighted by atomic mass is 10.1. The number of ether oxygens (including phenoxy) is 1. The number of para-hydroxylation sites is 1. The first kappa shape index (κ1) is 18.1. The maximum Gasteiger partial charge on any atom is 0.124 e. The highest BCUT2D eigenvalue weighted by atomic mass is 19.1. The highest BCUT2D eigenvalue weighted by Crippen LogP contribution is 2.20. The van der Waals surface area contributed by atoms with Gasteiger partial charge in [0.25, 0.3) is 0 Å². The summed E-state index contributed by atoms with van der Waals surface area (Å²) in [5, 5.41) is 13.5. The van der Waals surface area contributed by atoms with Gasteiger partial charge in [0.1, 0.15) is 18.2 Å². The minimum atomic E-state index is -0.552. The van der Waals surface area contributed by atoms with Gasteiger partial charge < -0.3 is 15.2 Å². The van der Waals surface area contributed by atoms with E-state index in [9.17, 15) is 9.50 Å². The van der Waals surface area contributed by atoms with Crippen LogP contribution in [0.25, 0.3) is 0 Å². The van der Waals surface area contributed by atoms with Gasteiger partial charge in [-0.2, -0.15) is 0 Å². The third kappa shape index (κ3) is 5.15. The molecule has 1 atom stereocenters. The van der Waals surface area contributed by atoms with Crippen molar-refractivity contribution in [3.8, 4) is 5.75 Å². The summed E-state index contributed by atoms with van der Waals surface area (Å²) in [5.41, 5.74) is 2.81. The lowest BCUT2D eigenvalue weighted by molar-refractivity contribution is 0.174. The van der Waals surface area contributed by atoms with Crippen LogP contribution >= 0.6 is 0 Å². The Morgan fingerprint density at radius 2 is 1.58 bits per heavy atom. The zero-order valence-corrected chi connectivity index (χ0v) is 14.4. The molecule has 26 heavy (non-hydrogen) atoms. The molecule has 3 nitrogen and oxygen atoms in total.